The number of aromatic nitrogens is 1. The second kappa shape index (κ2) is 11.8. The van der Waals surface area contributed by atoms with E-state index in [2.05, 4.69) is 16.9 Å². The van der Waals surface area contributed by atoms with Crippen molar-refractivity contribution >= 4 is 28.8 Å². The third-order valence-corrected chi connectivity index (χ3v) is 7.61. The van der Waals surface area contributed by atoms with Crippen molar-refractivity contribution in [3.8, 4) is 11.1 Å². The maximum Gasteiger partial charge on any atom is 0.275 e. The van der Waals surface area contributed by atoms with E-state index in [9.17, 15) is 18.4 Å². The van der Waals surface area contributed by atoms with Crippen LogP contribution in [-0.4, -0.2) is 34.8 Å². The molecule has 4 rings (SSSR count). The molecule has 2 heterocycles. The number of benzene rings is 2. The first-order valence-electron chi connectivity index (χ1n) is 12.5. The number of alkyl halides is 2. The van der Waals surface area contributed by atoms with Crippen molar-refractivity contribution in [2.45, 2.75) is 50.9 Å². The molecule has 0 atom stereocenters. The van der Waals surface area contributed by atoms with Gasteiger partial charge in [-0.1, -0.05) is 42.5 Å². The highest BCUT2D eigenvalue weighted by Crippen LogP contribution is 2.34. The molecule has 1 aliphatic heterocycles. The zero-order valence-corrected chi connectivity index (χ0v) is 21.7. The number of rotatable bonds is 9. The van der Waals surface area contributed by atoms with Crippen LogP contribution in [0.5, 0.6) is 0 Å². The Labute approximate surface area is 220 Å². The number of halogens is 2. The van der Waals surface area contributed by atoms with Crippen LogP contribution in [0.1, 0.15) is 66.0 Å². The van der Waals surface area contributed by atoms with Gasteiger partial charge in [0.25, 0.3) is 11.8 Å². The van der Waals surface area contributed by atoms with Gasteiger partial charge in [-0.05, 0) is 43.4 Å². The highest BCUT2D eigenvalue weighted by molar-refractivity contribution is 7.10. The average molecular weight is 524 g/mol. The molecule has 1 saturated heterocycles. The topological polar surface area (TPSA) is 62.3 Å². The number of piperidine rings is 1. The van der Waals surface area contributed by atoms with E-state index in [4.69, 9.17) is 0 Å². The summed E-state index contributed by atoms with van der Waals surface area (Å²) in [5, 5.41) is 5.55. The van der Waals surface area contributed by atoms with Crippen molar-refractivity contribution in [1.82, 2.24) is 9.88 Å². The number of amides is 2. The lowest BCUT2D eigenvalue weighted by atomic mass is 9.97. The van der Waals surface area contributed by atoms with E-state index in [1.165, 1.54) is 23.5 Å². The van der Waals surface area contributed by atoms with Crippen LogP contribution in [-0.2, 0) is 10.7 Å². The molecule has 0 spiro atoms. The number of hydrogen-bond acceptors (Lipinski definition) is 4. The predicted molar refractivity (Wildman–Crippen MR) is 144 cm³/mol. The van der Waals surface area contributed by atoms with Crippen molar-refractivity contribution in [1.29, 1.82) is 0 Å². The Balaban J connectivity index is 1.41. The SMILES string of the molecule is C=CCCCC(=O)N1CCC(c2nc(C(=O)Nc3ccccc3-c3cccc(C(C)(F)F)c3)cs2)CC1. The summed E-state index contributed by atoms with van der Waals surface area (Å²) in [6.45, 7) is 5.96. The Morgan fingerprint density at radius 1 is 1.19 bits per heavy atom. The number of para-hydroxylation sites is 1. The molecule has 1 aliphatic rings. The quantitative estimate of drug-likeness (QED) is 0.238. The number of hydrogen-bond donors (Lipinski definition) is 1. The highest BCUT2D eigenvalue weighted by atomic mass is 32.1. The minimum atomic E-state index is -2.96. The number of allylic oxidation sites excluding steroid dienone is 1. The Bertz CT molecular complexity index is 1260. The fourth-order valence-electron chi connectivity index (χ4n) is 4.50. The smallest absolute Gasteiger partial charge is 0.275 e. The van der Waals surface area contributed by atoms with Crippen LogP contribution in [0.2, 0.25) is 0 Å². The predicted octanol–water partition coefficient (Wildman–Crippen LogP) is 7.24. The van der Waals surface area contributed by atoms with Crippen LogP contribution in [0.3, 0.4) is 0 Å². The van der Waals surface area contributed by atoms with Crippen LogP contribution in [0.25, 0.3) is 11.1 Å². The first-order chi connectivity index (χ1) is 17.8. The molecule has 8 heteroatoms. The third kappa shape index (κ3) is 6.68. The molecule has 0 saturated carbocycles. The number of likely N-dealkylation sites (tertiary alicyclic amines) is 1. The first-order valence-corrected chi connectivity index (χ1v) is 13.4. The molecule has 1 aromatic heterocycles. The lowest BCUT2D eigenvalue weighted by molar-refractivity contribution is -0.132. The third-order valence-electron chi connectivity index (χ3n) is 6.61. The van der Waals surface area contributed by atoms with Gasteiger partial charge in [-0.15, -0.1) is 17.9 Å². The Morgan fingerprint density at radius 2 is 1.95 bits per heavy atom. The summed E-state index contributed by atoms with van der Waals surface area (Å²) >= 11 is 1.46. The molecule has 3 aromatic rings. The van der Waals surface area contributed by atoms with Gasteiger partial charge in [0, 0.05) is 54.5 Å². The molecular weight excluding hydrogens is 492 g/mol. The van der Waals surface area contributed by atoms with Crippen molar-refractivity contribution in [2.75, 3.05) is 18.4 Å². The zero-order chi connectivity index (χ0) is 26.4. The van der Waals surface area contributed by atoms with Gasteiger partial charge in [0.15, 0.2) is 0 Å². The van der Waals surface area contributed by atoms with E-state index in [0.717, 1.165) is 37.6 Å². The Kier molecular flexibility index (Phi) is 8.48. The number of anilines is 1. The maximum atomic E-state index is 13.9. The van der Waals surface area contributed by atoms with E-state index in [1.807, 2.05) is 11.0 Å². The number of nitrogens with zero attached hydrogens (tertiary/aromatic N) is 2. The second-order valence-corrected chi connectivity index (χ2v) is 10.3. The molecule has 0 unspecified atom stereocenters. The van der Waals surface area contributed by atoms with Gasteiger partial charge in [0.2, 0.25) is 5.91 Å². The van der Waals surface area contributed by atoms with Crippen molar-refractivity contribution < 1.29 is 18.4 Å². The van der Waals surface area contributed by atoms with E-state index < -0.39 is 5.92 Å². The first kappa shape index (κ1) is 26.7. The summed E-state index contributed by atoms with van der Waals surface area (Å²) < 4.78 is 27.7. The maximum absolute atomic E-state index is 13.9. The van der Waals surface area contributed by atoms with Gasteiger partial charge in [0.05, 0.1) is 5.01 Å². The van der Waals surface area contributed by atoms with Crippen molar-refractivity contribution in [2.24, 2.45) is 0 Å². The summed E-state index contributed by atoms with van der Waals surface area (Å²) in [6, 6.07) is 13.3. The second-order valence-electron chi connectivity index (χ2n) is 9.38. The standard InChI is InChI=1S/C29H31F2N3O2S/c1-3-4-5-13-26(35)34-16-14-20(15-17-34)28-33-25(19-37-28)27(36)32-24-12-7-6-11-23(24)21-9-8-10-22(18-21)29(2,30)31/h3,6-12,18-20H,1,4-5,13-17H2,2H3,(H,32,36). The van der Waals surface area contributed by atoms with Crippen LogP contribution in [0, 0.1) is 0 Å². The summed E-state index contributed by atoms with van der Waals surface area (Å²) in [5.74, 6) is -2.90. The molecule has 37 heavy (non-hydrogen) atoms. The van der Waals surface area contributed by atoms with Gasteiger partial charge in [-0.2, -0.15) is 0 Å². The van der Waals surface area contributed by atoms with Gasteiger partial charge in [0.1, 0.15) is 5.69 Å². The lowest BCUT2D eigenvalue weighted by Crippen LogP contribution is -2.37. The molecule has 2 amide bonds. The Hall–Kier alpha value is -3.39. The molecule has 0 aliphatic carbocycles. The summed E-state index contributed by atoms with van der Waals surface area (Å²) in [4.78, 5) is 31.9. The van der Waals surface area contributed by atoms with Gasteiger partial charge < -0.3 is 10.2 Å². The van der Waals surface area contributed by atoms with E-state index in [1.54, 1.807) is 41.8 Å². The van der Waals surface area contributed by atoms with Crippen LogP contribution < -0.4 is 5.32 Å². The largest absolute Gasteiger partial charge is 0.343 e. The fraction of sp³-hybridized carbons (Fsp3) is 0.345. The minimum Gasteiger partial charge on any atom is -0.343 e. The average Bonchev–Trinajstić information content (AvgIpc) is 3.39. The van der Waals surface area contributed by atoms with Gasteiger partial charge in [-0.25, -0.2) is 13.8 Å². The van der Waals surface area contributed by atoms with E-state index in [-0.39, 0.29) is 23.3 Å². The summed E-state index contributed by atoms with van der Waals surface area (Å²) in [7, 11) is 0. The monoisotopic (exact) mass is 523 g/mol. The Morgan fingerprint density at radius 3 is 2.68 bits per heavy atom. The molecular formula is C29H31F2N3O2S. The van der Waals surface area contributed by atoms with Crippen molar-refractivity contribution in [3.63, 3.8) is 0 Å². The molecule has 1 fully saturated rings. The molecule has 2 aromatic carbocycles. The highest BCUT2D eigenvalue weighted by Gasteiger charge is 2.27. The van der Waals surface area contributed by atoms with Crippen LogP contribution >= 0.6 is 11.3 Å². The normalized spacial score (nSPS) is 14.4. The van der Waals surface area contributed by atoms with Crippen LogP contribution in [0.4, 0.5) is 14.5 Å². The molecule has 5 nitrogen and oxygen atoms in total. The molecule has 0 bridgehead atoms. The van der Waals surface area contributed by atoms with Crippen LogP contribution in [0.15, 0.2) is 66.6 Å². The molecule has 0 radical (unpaired) electrons. The van der Waals surface area contributed by atoms with E-state index in [0.29, 0.717) is 42.0 Å². The molecule has 194 valence electrons. The van der Waals surface area contributed by atoms with E-state index >= 15 is 0 Å². The summed E-state index contributed by atoms with van der Waals surface area (Å²) in [5.41, 5.74) is 2.02. The zero-order valence-electron chi connectivity index (χ0n) is 20.9. The number of carbonyl (C=O) groups is 2. The van der Waals surface area contributed by atoms with Gasteiger partial charge in [-0.3, -0.25) is 9.59 Å². The molecule has 1 N–H and O–H groups in total. The number of thiazole rings is 1. The summed E-state index contributed by atoms with van der Waals surface area (Å²) in [6.07, 6.45) is 5.70. The number of unbranched alkanes of at least 4 members (excludes halogenated alkanes) is 1. The van der Waals surface area contributed by atoms with Crippen molar-refractivity contribution in [3.05, 3.63) is 82.8 Å². The van der Waals surface area contributed by atoms with Gasteiger partial charge >= 0.3 is 0 Å². The minimum absolute atomic E-state index is 0.0835. The number of carbonyl (C=O) groups excluding carboxylic acids is 2. The number of nitrogens with one attached hydrogen (secondary N) is 1. The lowest BCUT2D eigenvalue weighted by Gasteiger charge is -2.31. The fourth-order valence-corrected chi connectivity index (χ4v) is 5.47.